The van der Waals surface area contributed by atoms with Gasteiger partial charge in [0.15, 0.2) is 53.7 Å². The molecule has 12 aromatic heterocycles. The zero-order chi connectivity index (χ0) is 91.4. The summed E-state index contributed by atoms with van der Waals surface area (Å²) in [6, 6.07) is 39.4. The summed E-state index contributed by atoms with van der Waals surface area (Å²) in [7, 11) is 5.38. The lowest BCUT2D eigenvalue weighted by Gasteiger charge is -2.19. The Morgan fingerprint density at radius 1 is 0.411 bits per heavy atom. The van der Waals surface area contributed by atoms with E-state index in [-0.39, 0.29) is 33.1 Å². The molecule has 0 spiro atoms. The minimum atomic E-state index is -3.01. The number of aromatic nitrogens is 8. The molecule has 13 heterocycles. The SMILES string of the molecule is Cc1c[n+](C)c(-c2c(C)ccc3c2oc2ncccc23)cc1CC(C)(C)C.Cc1ccc2c(n1)oc1c3c(ccc12)C[n+]1cc(C)c(CC(C)(C)C)cc1-3.[2H]C([2H])([2H])c1c[n+](C)c(-c2c(C)ccc3c2oc2nc(C)ccc23)cc1C([2H])([2H])C([2H])(C)C([2H])([2H])[2H].[2H]C([2H])([2H])c1c[n+](C)c(-c2c(C)ccc3c2oc2ncccc23)cc1C([2H])([2H])C([2H])(C)C([2H])([2H])[2H]. The maximum absolute atomic E-state index is 8.73. The molecule has 1 aliphatic rings. The van der Waals surface area contributed by atoms with E-state index in [0.717, 1.165) is 121 Å². The minimum Gasteiger partial charge on any atom is -0.437 e. The van der Waals surface area contributed by atoms with E-state index in [1.807, 2.05) is 76.2 Å². The van der Waals surface area contributed by atoms with Crippen LogP contribution in [0.3, 0.4) is 0 Å². The predicted molar refractivity (Wildman–Crippen MR) is 437 cm³/mol. The summed E-state index contributed by atoms with van der Waals surface area (Å²) in [5.74, 6) is -5.25. The Bertz CT molecular complexity index is 7010. The Labute approximate surface area is 655 Å². The second-order valence-electron chi connectivity index (χ2n) is 31.3. The first-order valence-electron chi connectivity index (χ1n) is 45.2. The first kappa shape index (κ1) is 54.0. The molecule has 0 bridgehead atoms. The van der Waals surface area contributed by atoms with E-state index >= 15 is 0 Å². The monoisotopic (exact) mass is 1440 g/mol. The van der Waals surface area contributed by atoms with Crippen LogP contribution in [-0.2, 0) is 53.3 Å². The number of furan rings is 4. The lowest BCUT2D eigenvalue weighted by atomic mass is 9.86. The van der Waals surface area contributed by atoms with Crippen LogP contribution in [0.15, 0.2) is 176 Å². The van der Waals surface area contributed by atoms with Crippen LogP contribution in [0.5, 0.6) is 0 Å². The highest BCUT2D eigenvalue weighted by Gasteiger charge is 2.34. The average Bonchev–Trinajstić information content (AvgIpc) is 1.19. The number of aryl methyl sites for hydroxylation is 12. The van der Waals surface area contributed by atoms with E-state index in [9.17, 15) is 0 Å². The topological polar surface area (TPSA) is 120 Å². The first-order valence-corrected chi connectivity index (χ1v) is 36.2. The van der Waals surface area contributed by atoms with E-state index in [1.54, 1.807) is 41.7 Å². The highest BCUT2D eigenvalue weighted by molar-refractivity contribution is 6.12. The van der Waals surface area contributed by atoms with Gasteiger partial charge in [0.1, 0.15) is 21.1 Å². The Morgan fingerprint density at radius 2 is 0.766 bits per heavy atom. The molecule has 2 unspecified atom stereocenters. The molecule has 544 valence electrons. The fourth-order valence-corrected chi connectivity index (χ4v) is 15.0. The number of rotatable bonds is 9. The Balaban J connectivity index is 0.000000136. The number of pyridine rings is 8. The molecule has 0 saturated carbocycles. The summed E-state index contributed by atoms with van der Waals surface area (Å²) in [6.07, 6.45) is 6.94. The fourth-order valence-electron chi connectivity index (χ4n) is 15.0. The molecule has 12 nitrogen and oxygen atoms in total. The van der Waals surface area contributed by atoms with Gasteiger partial charge in [-0.05, 0) is 204 Å². The maximum Gasteiger partial charge on any atom is 0.227 e. The van der Waals surface area contributed by atoms with Crippen molar-refractivity contribution in [1.29, 1.82) is 0 Å². The van der Waals surface area contributed by atoms with Crippen molar-refractivity contribution < 1.29 is 60.6 Å². The Morgan fingerprint density at radius 3 is 1.18 bits per heavy atom. The van der Waals surface area contributed by atoms with E-state index in [4.69, 9.17) is 42.3 Å². The molecule has 0 amide bonds. The fraction of sp³-hybridized carbons (Fsp3) is 0.326. The zero-order valence-corrected chi connectivity index (χ0v) is 64.3. The third-order valence-corrected chi connectivity index (χ3v) is 19.9. The van der Waals surface area contributed by atoms with Crippen LogP contribution in [0.4, 0.5) is 0 Å². The second-order valence-corrected chi connectivity index (χ2v) is 31.3. The molecular weight excluding hydrogens is 1320 g/mol. The summed E-state index contributed by atoms with van der Waals surface area (Å²) < 4.78 is 179. The van der Waals surface area contributed by atoms with Crippen molar-refractivity contribution in [2.75, 3.05) is 0 Å². The van der Waals surface area contributed by atoms with Gasteiger partial charge < -0.3 is 17.7 Å². The second kappa shape index (κ2) is 28.5. The molecule has 0 N–H and O–H groups in total. The molecule has 0 saturated heterocycles. The minimum absolute atomic E-state index is 0.242. The standard InChI is InChI=1S/C24H25N2O.2C24H27N2O.C23H25N2O/c1-14-12-26-13-16-7-9-18-19-8-6-15(2)25-23(19)27-22(18)21(16)20(26)10-17(14)11-24(3,4)5;1-14(2)11-18-12-21(26(6)13-16(18)4)22-15(3)7-9-19-20-10-8-17(5)25-24(20)27-23(19)22;1-15-9-10-18-19-8-7-11-25-23(19)27-22(18)21(15)20-12-17(13-24(3,4)5)16(2)14-26(20)6;1-14(2)11-17-12-20(25(5)13-16(17)4)21-15(3)8-9-18-19-7-6-10-24-23(19)26-22(18)21/h6-10,12H,11,13H2,1-5H3;7-10,12-14H,11H2,1-6H3;7-12,14H,13H2,1-6H3;6-10,12-14H,11H2,1-5H3/q4*+1/i;1D3,4D3,11D2,14D;;1D3,4D3,11D2,14D. The van der Waals surface area contributed by atoms with Crippen LogP contribution < -0.4 is 18.3 Å². The number of hydrogen-bond acceptors (Lipinski definition) is 8. The van der Waals surface area contributed by atoms with Crippen molar-refractivity contribution in [3.05, 3.63) is 237 Å². The number of nitrogens with zero attached hydrogens (tertiary/aromatic N) is 8. The summed E-state index contributed by atoms with van der Waals surface area (Å²) in [5, 5.41) is 7.61. The molecule has 0 radical (unpaired) electrons. The molecule has 2 atom stereocenters. The Kier molecular flexibility index (Phi) is 14.4. The van der Waals surface area contributed by atoms with Crippen molar-refractivity contribution in [2.24, 2.45) is 43.8 Å². The molecule has 12 heteroatoms. The lowest BCUT2D eigenvalue weighted by Crippen LogP contribution is -2.33. The molecule has 0 fully saturated rings. The largest absolute Gasteiger partial charge is 0.437 e. The average molecular weight is 1440 g/mol. The molecule has 107 heavy (non-hydrogen) atoms. The van der Waals surface area contributed by atoms with Gasteiger partial charge in [-0.3, -0.25) is 0 Å². The predicted octanol–water partition coefficient (Wildman–Crippen LogP) is 22.1. The van der Waals surface area contributed by atoms with Gasteiger partial charge in [0, 0.05) is 144 Å². The van der Waals surface area contributed by atoms with Gasteiger partial charge in [-0.25, -0.2) is 33.6 Å². The van der Waals surface area contributed by atoms with Crippen LogP contribution in [0, 0.1) is 84.8 Å². The molecule has 1 aliphatic heterocycles. The van der Waals surface area contributed by atoms with Gasteiger partial charge in [0.05, 0.1) is 22.3 Å². The van der Waals surface area contributed by atoms with Crippen molar-refractivity contribution in [2.45, 2.75) is 163 Å². The number of benzene rings is 4. The van der Waals surface area contributed by atoms with Crippen molar-refractivity contribution in [3.63, 3.8) is 0 Å². The van der Waals surface area contributed by atoms with Gasteiger partial charge in [-0.2, -0.15) is 4.57 Å². The molecule has 4 aromatic carbocycles. The zero-order valence-electron chi connectivity index (χ0n) is 82.3. The number of hydrogen-bond donors (Lipinski definition) is 0. The van der Waals surface area contributed by atoms with Gasteiger partial charge in [0.25, 0.3) is 0 Å². The van der Waals surface area contributed by atoms with Crippen molar-refractivity contribution >= 4 is 88.3 Å². The van der Waals surface area contributed by atoms with Gasteiger partial charge in [-0.1, -0.05) is 112 Å². The third kappa shape index (κ3) is 14.5. The molecule has 16 aromatic rings. The highest BCUT2D eigenvalue weighted by Crippen LogP contribution is 2.43. The van der Waals surface area contributed by atoms with Crippen molar-refractivity contribution in [3.8, 4) is 45.0 Å². The van der Waals surface area contributed by atoms with Crippen molar-refractivity contribution in [1.82, 2.24) is 19.9 Å². The first-order chi connectivity index (χ1) is 57.9. The normalized spacial score (nSPS) is 16.6. The van der Waals surface area contributed by atoms with Crippen LogP contribution >= 0.6 is 0 Å². The third-order valence-electron chi connectivity index (χ3n) is 19.9. The van der Waals surface area contributed by atoms with Crippen LogP contribution in [-0.4, -0.2) is 19.9 Å². The van der Waals surface area contributed by atoms with Gasteiger partial charge in [0.2, 0.25) is 45.6 Å². The smallest absolute Gasteiger partial charge is 0.227 e. The molecule has 17 rings (SSSR count). The van der Waals surface area contributed by atoms with E-state index in [1.165, 1.54) is 74.9 Å². The summed E-state index contributed by atoms with van der Waals surface area (Å²) in [6.45, 7) is 19.2. The quantitative estimate of drug-likeness (QED) is 0.131. The highest BCUT2D eigenvalue weighted by atomic mass is 16.4. The maximum atomic E-state index is 8.73. The van der Waals surface area contributed by atoms with E-state index in [2.05, 4.69) is 165 Å². The van der Waals surface area contributed by atoms with Gasteiger partial charge in [-0.15, -0.1) is 0 Å². The lowest BCUT2D eigenvalue weighted by molar-refractivity contribution is -0.672. The molecule has 0 aliphatic carbocycles. The summed E-state index contributed by atoms with van der Waals surface area (Å²) in [5.41, 5.74) is 22.5. The number of fused-ring (bicyclic) bond motifs is 16. The summed E-state index contributed by atoms with van der Waals surface area (Å²) in [4.78, 5) is 17.8. The van der Waals surface area contributed by atoms with Crippen LogP contribution in [0.25, 0.3) is 133 Å². The molecular formula is C95H104N8O4+4. The van der Waals surface area contributed by atoms with Crippen LogP contribution in [0.1, 0.15) is 172 Å². The van der Waals surface area contributed by atoms with Crippen LogP contribution in [0.2, 0.25) is 0 Å². The van der Waals surface area contributed by atoms with E-state index in [0.29, 0.717) is 50.8 Å². The van der Waals surface area contributed by atoms with Gasteiger partial charge >= 0.3 is 0 Å². The Hall–Kier alpha value is -10.7. The summed E-state index contributed by atoms with van der Waals surface area (Å²) >= 11 is 0. The van der Waals surface area contributed by atoms with E-state index < -0.39 is 51.9 Å².